The van der Waals surface area contributed by atoms with Crippen LogP contribution in [0.2, 0.25) is 0 Å². The molecule has 5 atom stereocenters. The van der Waals surface area contributed by atoms with Crippen molar-refractivity contribution in [2.45, 2.75) is 46.5 Å². The number of hydrogen-bond acceptors (Lipinski definition) is 1. The maximum Gasteiger partial charge on any atom is 0.306 e. The number of allylic oxidation sites excluding steroid dienone is 2. The Morgan fingerprint density at radius 3 is 2.76 bits per heavy atom. The molecule has 0 aromatic heterocycles. The van der Waals surface area contributed by atoms with Crippen LogP contribution in [0.25, 0.3) is 0 Å². The van der Waals surface area contributed by atoms with Crippen molar-refractivity contribution in [3.63, 3.8) is 0 Å². The van der Waals surface area contributed by atoms with Crippen molar-refractivity contribution in [1.82, 2.24) is 0 Å². The van der Waals surface area contributed by atoms with E-state index in [1.807, 2.05) is 6.92 Å². The first-order valence-corrected chi connectivity index (χ1v) is 6.90. The molecule has 0 aromatic carbocycles. The lowest BCUT2D eigenvalue weighted by molar-refractivity contribution is -0.144. The third-order valence-corrected chi connectivity index (χ3v) is 5.06. The molecule has 2 heteroatoms. The minimum absolute atomic E-state index is 0.197. The van der Waals surface area contributed by atoms with Crippen LogP contribution in [0, 0.1) is 29.6 Å². The molecule has 0 radical (unpaired) electrons. The van der Waals surface area contributed by atoms with Crippen LogP contribution in [0.3, 0.4) is 0 Å². The highest BCUT2D eigenvalue weighted by Gasteiger charge is 2.41. The van der Waals surface area contributed by atoms with Crippen molar-refractivity contribution >= 4 is 5.97 Å². The number of carboxylic acid groups (broad SMARTS) is 1. The maximum atomic E-state index is 11.2. The Balaban J connectivity index is 2.22. The number of rotatable bonds is 2. The average molecular weight is 237 g/mol. The molecule has 1 N–H and O–H groups in total. The van der Waals surface area contributed by atoms with Gasteiger partial charge in [-0.25, -0.2) is 0 Å². The Kier molecular flexibility index (Phi) is 3.60. The largest absolute Gasteiger partial charge is 0.481 e. The van der Waals surface area contributed by atoms with Gasteiger partial charge < -0.3 is 5.11 Å². The molecule has 96 valence electrons. The molecule has 0 aliphatic heterocycles. The first-order valence-electron chi connectivity index (χ1n) is 6.90. The lowest BCUT2D eigenvalue weighted by Crippen LogP contribution is -2.39. The zero-order chi connectivity index (χ0) is 12.6. The fraction of sp³-hybridized carbons (Fsp3) is 0.800. The van der Waals surface area contributed by atoms with Crippen molar-refractivity contribution in [3.05, 3.63) is 11.6 Å². The third kappa shape index (κ3) is 2.41. The van der Waals surface area contributed by atoms with Crippen LogP contribution in [0.5, 0.6) is 0 Å². The summed E-state index contributed by atoms with van der Waals surface area (Å²) in [7, 11) is 0. The molecule has 0 unspecified atom stereocenters. The van der Waals surface area contributed by atoms with E-state index in [-0.39, 0.29) is 5.92 Å². The molecule has 0 saturated heterocycles. The van der Waals surface area contributed by atoms with Gasteiger partial charge in [-0.15, -0.1) is 0 Å². The molecular formula is C15H24O2. The van der Waals surface area contributed by atoms with Gasteiger partial charge in [-0.3, -0.25) is 4.79 Å². The molecular weight excluding hydrogens is 213 g/mol. The van der Waals surface area contributed by atoms with Gasteiger partial charge in [0.25, 0.3) is 0 Å². The fourth-order valence-electron chi connectivity index (χ4n) is 3.86. The number of carbonyl (C=O) groups is 1. The fourth-order valence-corrected chi connectivity index (χ4v) is 3.86. The van der Waals surface area contributed by atoms with Crippen LogP contribution in [0.1, 0.15) is 46.5 Å². The van der Waals surface area contributed by atoms with Gasteiger partial charge in [-0.05, 0) is 49.9 Å². The van der Waals surface area contributed by atoms with E-state index in [1.165, 1.54) is 24.8 Å². The Hall–Kier alpha value is -0.790. The van der Waals surface area contributed by atoms with Gasteiger partial charge in [0.1, 0.15) is 0 Å². The summed E-state index contributed by atoms with van der Waals surface area (Å²) in [6.07, 6.45) is 7.14. The molecule has 1 fully saturated rings. The van der Waals surface area contributed by atoms with E-state index >= 15 is 0 Å². The molecule has 0 heterocycles. The summed E-state index contributed by atoms with van der Waals surface area (Å²) < 4.78 is 0. The number of hydrogen-bond donors (Lipinski definition) is 1. The van der Waals surface area contributed by atoms with E-state index in [9.17, 15) is 9.90 Å². The SMILES string of the molecule is C[C@@H]1CC[C@@H]([C@@H](C)C(=O)O)[C@H]2C=C([13CH3])CC[C@H]21. The summed E-state index contributed by atoms with van der Waals surface area (Å²) in [5.74, 6) is 1.53. The van der Waals surface area contributed by atoms with Crippen LogP contribution in [-0.2, 0) is 4.79 Å². The Labute approximate surface area is 104 Å². The van der Waals surface area contributed by atoms with Crippen molar-refractivity contribution < 1.29 is 9.90 Å². The standard InChI is InChI=1S/C15H24O2/c1-9-4-6-12-10(2)5-7-13(14(12)8-9)11(3)15(16)17/h8,10-14H,4-7H2,1-3H3,(H,16,17)/t10-,11-,12+,13+,14+/m1/s1/i1+1. The lowest BCUT2D eigenvalue weighted by atomic mass is 9.60. The summed E-state index contributed by atoms with van der Waals surface area (Å²) in [6, 6.07) is 0. The molecule has 2 nitrogen and oxygen atoms in total. The van der Waals surface area contributed by atoms with E-state index in [1.54, 1.807) is 0 Å². The quantitative estimate of drug-likeness (QED) is 0.587. The second-order valence-electron chi connectivity index (χ2n) is 6.14. The normalized spacial score (nSPS) is 39.1. The summed E-state index contributed by atoms with van der Waals surface area (Å²) >= 11 is 0. The van der Waals surface area contributed by atoms with Gasteiger partial charge in [-0.1, -0.05) is 31.9 Å². The van der Waals surface area contributed by atoms with Crippen LogP contribution >= 0.6 is 0 Å². The third-order valence-electron chi connectivity index (χ3n) is 5.06. The predicted molar refractivity (Wildman–Crippen MR) is 68.7 cm³/mol. The first-order chi connectivity index (χ1) is 8.00. The molecule has 2 aliphatic rings. The van der Waals surface area contributed by atoms with Crippen molar-refractivity contribution in [2.24, 2.45) is 29.6 Å². The molecule has 2 rings (SSSR count). The molecule has 1 saturated carbocycles. The Bertz CT molecular complexity index is 332. The topological polar surface area (TPSA) is 37.3 Å². The van der Waals surface area contributed by atoms with Crippen LogP contribution in [0.4, 0.5) is 0 Å². The maximum absolute atomic E-state index is 11.2. The Morgan fingerprint density at radius 2 is 2.12 bits per heavy atom. The van der Waals surface area contributed by atoms with Gasteiger partial charge in [0.05, 0.1) is 5.92 Å². The summed E-state index contributed by atoms with van der Waals surface area (Å²) in [5, 5.41) is 9.24. The minimum Gasteiger partial charge on any atom is -0.481 e. The smallest absolute Gasteiger partial charge is 0.306 e. The van der Waals surface area contributed by atoms with E-state index in [2.05, 4.69) is 19.9 Å². The summed E-state index contributed by atoms with van der Waals surface area (Å²) in [5.41, 5.74) is 1.46. The minimum atomic E-state index is -0.625. The Morgan fingerprint density at radius 1 is 1.41 bits per heavy atom. The zero-order valence-electron chi connectivity index (χ0n) is 11.1. The molecule has 0 spiro atoms. The van der Waals surface area contributed by atoms with Crippen LogP contribution in [0.15, 0.2) is 11.6 Å². The number of carboxylic acids is 1. The second-order valence-corrected chi connectivity index (χ2v) is 6.14. The molecule has 2 aliphatic carbocycles. The van der Waals surface area contributed by atoms with Crippen LogP contribution in [-0.4, -0.2) is 11.1 Å². The van der Waals surface area contributed by atoms with Crippen LogP contribution < -0.4 is 0 Å². The van der Waals surface area contributed by atoms with Gasteiger partial charge in [-0.2, -0.15) is 0 Å². The highest BCUT2D eigenvalue weighted by molar-refractivity contribution is 5.70. The molecule has 0 aromatic rings. The molecule has 0 amide bonds. The van der Waals surface area contributed by atoms with Gasteiger partial charge in [0.2, 0.25) is 0 Å². The van der Waals surface area contributed by atoms with E-state index < -0.39 is 5.97 Å². The van der Waals surface area contributed by atoms with E-state index in [0.717, 1.165) is 18.3 Å². The van der Waals surface area contributed by atoms with Gasteiger partial charge >= 0.3 is 5.97 Å². The zero-order valence-corrected chi connectivity index (χ0v) is 11.1. The molecule has 0 bridgehead atoms. The summed E-state index contributed by atoms with van der Waals surface area (Å²) in [6.45, 7) is 6.42. The first kappa shape index (κ1) is 12.7. The second kappa shape index (κ2) is 4.83. The number of fused-ring (bicyclic) bond motifs is 1. The highest BCUT2D eigenvalue weighted by Crippen LogP contribution is 2.47. The van der Waals surface area contributed by atoms with E-state index in [4.69, 9.17) is 0 Å². The average Bonchev–Trinajstić information content (AvgIpc) is 2.28. The summed E-state index contributed by atoms with van der Waals surface area (Å²) in [4.78, 5) is 11.2. The van der Waals surface area contributed by atoms with Crippen molar-refractivity contribution in [2.75, 3.05) is 0 Å². The van der Waals surface area contributed by atoms with Crippen molar-refractivity contribution in [3.8, 4) is 0 Å². The van der Waals surface area contributed by atoms with Gasteiger partial charge in [0.15, 0.2) is 0 Å². The predicted octanol–water partition coefficient (Wildman–Crippen LogP) is 3.73. The van der Waals surface area contributed by atoms with E-state index in [0.29, 0.717) is 11.8 Å². The highest BCUT2D eigenvalue weighted by atomic mass is 16.4. The number of aliphatic carboxylic acids is 1. The van der Waals surface area contributed by atoms with Gasteiger partial charge in [0, 0.05) is 0 Å². The molecule has 17 heavy (non-hydrogen) atoms. The monoisotopic (exact) mass is 237 g/mol. The lowest BCUT2D eigenvalue weighted by Gasteiger charge is -2.44. The van der Waals surface area contributed by atoms with Crippen molar-refractivity contribution in [1.29, 1.82) is 0 Å².